The molecule has 0 unspecified atom stereocenters. The van der Waals surface area contributed by atoms with Crippen LogP contribution >= 0.6 is 0 Å². The van der Waals surface area contributed by atoms with Crippen molar-refractivity contribution < 1.29 is 18.8 Å². The zero-order valence-electron chi connectivity index (χ0n) is 18.6. The Kier molecular flexibility index (Phi) is 5.71. The number of fused-ring (bicyclic) bond motifs is 1. The first-order valence-corrected chi connectivity index (χ1v) is 10.5. The van der Waals surface area contributed by atoms with E-state index >= 15 is 0 Å². The van der Waals surface area contributed by atoms with Crippen LogP contribution in [0.15, 0.2) is 54.6 Å². The zero-order valence-corrected chi connectivity index (χ0v) is 18.6. The lowest BCUT2D eigenvalue weighted by atomic mass is 9.93. The van der Waals surface area contributed by atoms with E-state index in [0.717, 1.165) is 5.56 Å². The number of benzene rings is 2. The van der Waals surface area contributed by atoms with Gasteiger partial charge >= 0.3 is 0 Å². The van der Waals surface area contributed by atoms with Crippen LogP contribution in [0.1, 0.15) is 35.6 Å². The lowest BCUT2D eigenvalue weighted by molar-refractivity contribution is -0.126. The number of carbonyl (C=O) groups excluding carboxylic acids is 3. The quantitative estimate of drug-likeness (QED) is 0.626. The molecule has 1 atom stereocenters. The third-order valence-corrected chi connectivity index (χ3v) is 5.58. The van der Waals surface area contributed by atoms with E-state index in [-0.39, 0.29) is 36.6 Å². The van der Waals surface area contributed by atoms with Gasteiger partial charge in [0.15, 0.2) is 0 Å². The highest BCUT2D eigenvalue weighted by atomic mass is 19.1. The Morgan fingerprint density at radius 3 is 2.42 bits per heavy atom. The fourth-order valence-electron chi connectivity index (χ4n) is 3.99. The molecule has 0 bridgehead atoms. The molecule has 0 saturated heterocycles. The first-order chi connectivity index (χ1) is 15.7. The topological polar surface area (TPSA) is 96.3 Å². The minimum Gasteiger partial charge on any atom is -0.350 e. The molecule has 0 aliphatic carbocycles. The molecule has 8 nitrogen and oxygen atoms in total. The molecule has 0 fully saturated rings. The lowest BCUT2D eigenvalue weighted by Crippen LogP contribution is -2.64. The summed E-state index contributed by atoms with van der Waals surface area (Å²) in [6, 6.07) is 14.3. The van der Waals surface area contributed by atoms with Gasteiger partial charge in [-0.1, -0.05) is 12.1 Å². The first kappa shape index (κ1) is 22.2. The van der Waals surface area contributed by atoms with Crippen LogP contribution in [0.25, 0.3) is 0 Å². The van der Waals surface area contributed by atoms with Gasteiger partial charge in [-0.25, -0.2) is 4.39 Å². The number of nitrogens with zero attached hydrogens (tertiary/aromatic N) is 3. The monoisotopic (exact) mass is 449 g/mol. The average molecular weight is 449 g/mol. The van der Waals surface area contributed by atoms with Gasteiger partial charge in [0.2, 0.25) is 11.8 Å². The fourth-order valence-corrected chi connectivity index (χ4v) is 3.99. The van der Waals surface area contributed by atoms with Crippen molar-refractivity contribution in [1.82, 2.24) is 15.1 Å². The molecule has 9 heteroatoms. The van der Waals surface area contributed by atoms with Crippen molar-refractivity contribution in [2.45, 2.75) is 39.4 Å². The number of anilines is 2. The van der Waals surface area contributed by atoms with Crippen LogP contribution < -0.4 is 15.5 Å². The molecule has 1 aliphatic rings. The molecule has 0 radical (unpaired) electrons. The Morgan fingerprint density at radius 1 is 1.12 bits per heavy atom. The summed E-state index contributed by atoms with van der Waals surface area (Å²) in [5.41, 5.74) is 1.62. The fraction of sp³-hybridized carbons (Fsp3) is 0.250. The molecular formula is C24H24FN5O3. The second kappa shape index (κ2) is 8.50. The van der Waals surface area contributed by atoms with Crippen LogP contribution in [0.2, 0.25) is 0 Å². The van der Waals surface area contributed by atoms with Crippen molar-refractivity contribution in [3.05, 3.63) is 77.4 Å². The van der Waals surface area contributed by atoms with Crippen LogP contribution in [-0.2, 0) is 22.7 Å². The summed E-state index contributed by atoms with van der Waals surface area (Å²) in [5.74, 6) is -1.29. The normalized spacial score (nSPS) is 17.5. The van der Waals surface area contributed by atoms with Gasteiger partial charge in [-0.05, 0) is 61.9 Å². The van der Waals surface area contributed by atoms with Crippen molar-refractivity contribution in [2.24, 2.45) is 0 Å². The first-order valence-electron chi connectivity index (χ1n) is 10.5. The molecule has 3 amide bonds. The number of hydrogen-bond donors (Lipinski definition) is 2. The van der Waals surface area contributed by atoms with E-state index in [0.29, 0.717) is 22.8 Å². The smallest absolute Gasteiger partial charge is 0.277 e. The predicted molar refractivity (Wildman–Crippen MR) is 121 cm³/mol. The SMILES string of the molecule is CC(=O)Nc1ccc(N2C(=O)c3cc(C)nn3C[C@]2(C)C(=O)NCc2ccc(F)cc2)cc1. The minimum absolute atomic E-state index is 0.157. The summed E-state index contributed by atoms with van der Waals surface area (Å²) >= 11 is 0. The van der Waals surface area contributed by atoms with E-state index in [1.165, 1.54) is 24.0 Å². The molecule has 3 aromatic rings. The highest BCUT2D eigenvalue weighted by Gasteiger charge is 2.48. The van der Waals surface area contributed by atoms with Gasteiger partial charge in [-0.3, -0.25) is 24.0 Å². The molecule has 1 aromatic heterocycles. The number of nitrogens with one attached hydrogen (secondary N) is 2. The number of rotatable bonds is 5. The second-order valence-electron chi connectivity index (χ2n) is 8.28. The highest BCUT2D eigenvalue weighted by molar-refractivity contribution is 6.12. The second-order valence-corrected chi connectivity index (χ2v) is 8.28. The highest BCUT2D eigenvalue weighted by Crippen LogP contribution is 2.33. The van der Waals surface area contributed by atoms with Crippen molar-refractivity contribution in [3.63, 3.8) is 0 Å². The number of halogens is 1. The Bertz CT molecular complexity index is 1220. The Balaban J connectivity index is 1.67. The molecule has 33 heavy (non-hydrogen) atoms. The number of hydrogen-bond acceptors (Lipinski definition) is 4. The largest absolute Gasteiger partial charge is 0.350 e. The summed E-state index contributed by atoms with van der Waals surface area (Å²) in [5, 5.41) is 9.94. The van der Waals surface area contributed by atoms with Crippen LogP contribution in [-0.4, -0.2) is 33.0 Å². The lowest BCUT2D eigenvalue weighted by Gasteiger charge is -2.43. The molecule has 4 rings (SSSR count). The predicted octanol–water partition coefficient (Wildman–Crippen LogP) is 3.02. The molecule has 2 heterocycles. The summed E-state index contributed by atoms with van der Waals surface area (Å²) in [6.07, 6.45) is 0. The van der Waals surface area contributed by atoms with E-state index in [2.05, 4.69) is 15.7 Å². The molecule has 2 aromatic carbocycles. The van der Waals surface area contributed by atoms with Gasteiger partial charge in [0.1, 0.15) is 17.1 Å². The van der Waals surface area contributed by atoms with E-state index < -0.39 is 5.54 Å². The van der Waals surface area contributed by atoms with Crippen LogP contribution in [0, 0.1) is 12.7 Å². The minimum atomic E-state index is -1.28. The van der Waals surface area contributed by atoms with Gasteiger partial charge in [0.25, 0.3) is 5.91 Å². The van der Waals surface area contributed by atoms with Gasteiger partial charge in [0.05, 0.1) is 12.2 Å². The maximum absolute atomic E-state index is 13.5. The van der Waals surface area contributed by atoms with E-state index in [1.54, 1.807) is 61.0 Å². The summed E-state index contributed by atoms with van der Waals surface area (Å²) < 4.78 is 14.7. The van der Waals surface area contributed by atoms with Gasteiger partial charge in [0, 0.05) is 24.8 Å². The summed E-state index contributed by atoms with van der Waals surface area (Å²) in [6.45, 7) is 5.23. The molecule has 170 valence electrons. The Labute approximate surface area is 190 Å². The maximum atomic E-state index is 13.5. The molecule has 0 spiro atoms. The van der Waals surface area contributed by atoms with E-state index in [9.17, 15) is 18.8 Å². The van der Waals surface area contributed by atoms with Crippen LogP contribution in [0.5, 0.6) is 0 Å². The van der Waals surface area contributed by atoms with Crippen molar-refractivity contribution in [3.8, 4) is 0 Å². The summed E-state index contributed by atoms with van der Waals surface area (Å²) in [7, 11) is 0. The Morgan fingerprint density at radius 2 is 1.79 bits per heavy atom. The van der Waals surface area contributed by atoms with Crippen molar-refractivity contribution in [2.75, 3.05) is 10.2 Å². The summed E-state index contributed by atoms with van der Waals surface area (Å²) in [4.78, 5) is 39.7. The number of carbonyl (C=O) groups is 3. The van der Waals surface area contributed by atoms with Crippen LogP contribution in [0.3, 0.4) is 0 Å². The number of aromatic nitrogens is 2. The number of amides is 3. The van der Waals surface area contributed by atoms with Gasteiger partial charge in [-0.2, -0.15) is 5.10 Å². The molecular weight excluding hydrogens is 425 g/mol. The van der Waals surface area contributed by atoms with Crippen LogP contribution in [0.4, 0.5) is 15.8 Å². The van der Waals surface area contributed by atoms with E-state index in [1.807, 2.05) is 0 Å². The standard InChI is InChI=1S/C24H24FN5O3/c1-15-12-21-22(32)30(20-10-8-19(9-11-20)27-16(2)31)24(3,14-29(21)28-15)23(33)26-13-17-4-6-18(25)7-5-17/h4-12H,13-14H2,1-3H3,(H,26,33)(H,27,31)/t24-/m1/s1. The van der Waals surface area contributed by atoms with Gasteiger partial charge < -0.3 is 10.6 Å². The van der Waals surface area contributed by atoms with Crippen molar-refractivity contribution in [1.29, 1.82) is 0 Å². The third-order valence-electron chi connectivity index (χ3n) is 5.58. The maximum Gasteiger partial charge on any atom is 0.277 e. The van der Waals surface area contributed by atoms with E-state index in [4.69, 9.17) is 0 Å². The molecule has 1 aliphatic heterocycles. The van der Waals surface area contributed by atoms with Gasteiger partial charge in [-0.15, -0.1) is 0 Å². The average Bonchev–Trinajstić information content (AvgIpc) is 3.14. The Hall–Kier alpha value is -4.01. The zero-order chi connectivity index (χ0) is 23.8. The van der Waals surface area contributed by atoms with Crippen molar-refractivity contribution >= 4 is 29.1 Å². The number of aryl methyl sites for hydroxylation is 1. The molecule has 2 N–H and O–H groups in total. The third kappa shape index (κ3) is 4.34. The molecule has 0 saturated carbocycles.